The van der Waals surface area contributed by atoms with Crippen LogP contribution in [0, 0.1) is 0 Å². The molecule has 0 amide bonds. The number of hydrogen-bond donors (Lipinski definition) is 0. The number of carbonyl (C=O) groups is 1. The zero-order valence-electron chi connectivity index (χ0n) is 24.0. The topological polar surface area (TPSA) is 94.1 Å². The number of hydrogen-bond acceptors (Lipinski definition) is 7. The van der Waals surface area contributed by atoms with Crippen molar-refractivity contribution >= 4 is 13.8 Å². The van der Waals surface area contributed by atoms with Gasteiger partial charge in [-0.05, 0) is 6.42 Å². The normalized spacial score (nSPS) is 18.6. The number of quaternary nitrogens is 1. The molecule has 37 heavy (non-hydrogen) atoms. The second-order valence-corrected chi connectivity index (χ2v) is 12.2. The van der Waals surface area contributed by atoms with Crippen molar-refractivity contribution in [3.63, 3.8) is 0 Å². The first kappa shape index (κ1) is 34.1. The van der Waals surface area contributed by atoms with Crippen molar-refractivity contribution in [3.05, 3.63) is 12.0 Å². The van der Waals surface area contributed by atoms with Crippen molar-refractivity contribution in [2.24, 2.45) is 0 Å². The van der Waals surface area contributed by atoms with E-state index in [1.54, 1.807) is 0 Å². The number of esters is 1. The van der Waals surface area contributed by atoms with Gasteiger partial charge in [0.05, 0.1) is 33.9 Å². The van der Waals surface area contributed by atoms with Crippen LogP contribution in [0.5, 0.6) is 0 Å². The van der Waals surface area contributed by atoms with E-state index in [9.17, 15) is 14.3 Å². The van der Waals surface area contributed by atoms with Gasteiger partial charge in [0.1, 0.15) is 18.1 Å². The molecule has 1 aliphatic rings. The Kier molecular flexibility index (Phi) is 18.5. The Morgan fingerprint density at radius 3 is 1.97 bits per heavy atom. The number of phosphoric acid groups is 1. The molecule has 8 nitrogen and oxygen atoms in total. The van der Waals surface area contributed by atoms with Crippen LogP contribution in [0.3, 0.4) is 0 Å². The summed E-state index contributed by atoms with van der Waals surface area (Å²) < 4.78 is 33.5. The number of phosphoric ester groups is 1. The summed E-state index contributed by atoms with van der Waals surface area (Å²) in [5.41, 5.74) is 0.896. The number of carbonyl (C=O) groups excluding carboxylic acids is 1. The summed E-state index contributed by atoms with van der Waals surface area (Å²) in [6.45, 7) is 4.77. The summed E-state index contributed by atoms with van der Waals surface area (Å²) in [5, 5.41) is 0. The molecule has 0 radical (unpaired) electrons. The first-order chi connectivity index (χ1) is 17.7. The highest BCUT2D eigenvalue weighted by Crippen LogP contribution is 2.40. The molecule has 0 saturated carbocycles. The number of rotatable bonds is 23. The Bertz CT molecular complexity index is 683. The summed E-state index contributed by atoms with van der Waals surface area (Å²) in [5.74, 6) is -0.512. The van der Waals surface area contributed by atoms with Crippen LogP contribution >= 0.6 is 7.82 Å². The van der Waals surface area contributed by atoms with Gasteiger partial charge >= 0.3 is 13.8 Å². The third-order valence-corrected chi connectivity index (χ3v) is 7.77. The Morgan fingerprint density at radius 2 is 1.49 bits per heavy atom. The van der Waals surface area contributed by atoms with Crippen molar-refractivity contribution in [3.8, 4) is 0 Å². The molecule has 1 fully saturated rings. The van der Waals surface area contributed by atoms with Gasteiger partial charge in [0.25, 0.3) is 0 Å². The maximum Gasteiger partial charge on any atom is 0.319 e. The molecule has 0 bridgehead atoms. The van der Waals surface area contributed by atoms with Crippen LogP contribution in [0.1, 0.15) is 117 Å². The van der Waals surface area contributed by atoms with Crippen LogP contribution < -0.4 is 4.89 Å². The lowest BCUT2D eigenvalue weighted by atomic mass is 10.0. The minimum Gasteiger partial charge on any atom is -0.746 e. The predicted molar refractivity (Wildman–Crippen MR) is 146 cm³/mol. The van der Waals surface area contributed by atoms with E-state index in [4.69, 9.17) is 18.5 Å². The van der Waals surface area contributed by atoms with Gasteiger partial charge in [-0.15, -0.1) is 0 Å². The summed E-state index contributed by atoms with van der Waals surface area (Å²) in [6, 6.07) is 0. The Morgan fingerprint density at radius 1 is 0.946 bits per heavy atom. The lowest BCUT2D eigenvalue weighted by molar-refractivity contribution is -0.843. The molecule has 1 aliphatic heterocycles. The molecule has 1 heterocycles. The third-order valence-electron chi connectivity index (χ3n) is 6.94. The van der Waals surface area contributed by atoms with Crippen LogP contribution in [-0.2, 0) is 27.9 Å². The molecule has 0 N–H and O–H groups in total. The molecule has 0 aromatic rings. The molecule has 2 unspecified atom stereocenters. The molecule has 0 aromatic carbocycles. The van der Waals surface area contributed by atoms with E-state index >= 15 is 0 Å². The fraction of sp³-hybridized carbons (Fsp3) is 0.893. The Labute approximate surface area is 226 Å². The first-order valence-electron chi connectivity index (χ1n) is 14.6. The minimum atomic E-state index is -4.56. The van der Waals surface area contributed by atoms with E-state index in [1.807, 2.05) is 14.1 Å². The molecule has 0 aliphatic carbocycles. The molecular formula is C28H54NO7P. The van der Waals surface area contributed by atoms with Gasteiger partial charge in [-0.2, -0.15) is 0 Å². The number of ether oxygens (including phenoxy) is 2. The van der Waals surface area contributed by atoms with Crippen LogP contribution in [0.4, 0.5) is 0 Å². The van der Waals surface area contributed by atoms with E-state index < -0.39 is 19.9 Å². The summed E-state index contributed by atoms with van der Waals surface area (Å²) >= 11 is 0. The van der Waals surface area contributed by atoms with Gasteiger partial charge in [0, 0.05) is 26.4 Å². The van der Waals surface area contributed by atoms with Crippen molar-refractivity contribution in [2.45, 2.75) is 123 Å². The SMILES string of the molecule is CCCCCCCCCCCCCCCCOCC(COP(=O)([O-])OC=C1CCC[N+]1(C)C)OC(C)=O. The molecule has 0 aromatic heterocycles. The van der Waals surface area contributed by atoms with Crippen LogP contribution in [0.15, 0.2) is 12.0 Å². The van der Waals surface area contributed by atoms with E-state index in [0.29, 0.717) is 11.1 Å². The fourth-order valence-electron chi connectivity index (χ4n) is 4.60. The number of likely N-dealkylation sites (tertiary alicyclic amines) is 1. The standard InChI is InChI=1S/C28H54NO7P/c1-5-6-7-8-9-10-11-12-13-14-15-16-17-18-22-33-24-28(36-26(2)30)25-35-37(31,32)34-23-27-20-19-21-29(27,3)4/h23,28H,5-22,24-25H2,1-4H3. The van der Waals surface area contributed by atoms with Gasteiger partial charge in [0.2, 0.25) is 0 Å². The molecule has 1 saturated heterocycles. The van der Waals surface area contributed by atoms with Crippen molar-refractivity contribution in [1.29, 1.82) is 0 Å². The lowest BCUT2D eigenvalue weighted by Gasteiger charge is -2.27. The van der Waals surface area contributed by atoms with Gasteiger partial charge < -0.3 is 23.4 Å². The predicted octanol–water partition coefficient (Wildman–Crippen LogP) is 6.63. The average Bonchev–Trinajstić information content (AvgIpc) is 3.18. The van der Waals surface area contributed by atoms with E-state index in [1.165, 1.54) is 90.2 Å². The molecule has 9 heteroatoms. The summed E-state index contributed by atoms with van der Waals surface area (Å²) in [7, 11) is -0.548. The van der Waals surface area contributed by atoms with Gasteiger partial charge in [0.15, 0.2) is 0 Å². The average molecular weight is 548 g/mol. The fourth-order valence-corrected chi connectivity index (χ4v) is 5.26. The van der Waals surface area contributed by atoms with Crippen LogP contribution in [0.2, 0.25) is 0 Å². The maximum atomic E-state index is 12.2. The van der Waals surface area contributed by atoms with E-state index in [-0.39, 0.29) is 13.2 Å². The van der Waals surface area contributed by atoms with Gasteiger partial charge in [-0.3, -0.25) is 13.8 Å². The zero-order chi connectivity index (χ0) is 27.4. The monoisotopic (exact) mass is 547 g/mol. The highest BCUT2D eigenvalue weighted by molar-refractivity contribution is 7.46. The van der Waals surface area contributed by atoms with Crippen molar-refractivity contribution in [1.82, 2.24) is 0 Å². The van der Waals surface area contributed by atoms with E-state index in [2.05, 4.69) is 6.92 Å². The molecule has 0 spiro atoms. The second-order valence-electron chi connectivity index (χ2n) is 10.9. The van der Waals surface area contributed by atoms with Crippen molar-refractivity contribution in [2.75, 3.05) is 40.5 Å². The quantitative estimate of drug-likeness (QED) is 0.0466. The first-order valence-corrected chi connectivity index (χ1v) is 16.0. The molecule has 218 valence electrons. The van der Waals surface area contributed by atoms with E-state index in [0.717, 1.165) is 37.9 Å². The highest BCUT2D eigenvalue weighted by Gasteiger charge is 2.29. The Hall–Kier alpha value is -0.920. The second kappa shape index (κ2) is 20.0. The summed E-state index contributed by atoms with van der Waals surface area (Å²) in [6.07, 6.45) is 20.3. The largest absolute Gasteiger partial charge is 0.746 e. The highest BCUT2D eigenvalue weighted by atomic mass is 31.2. The molecule has 1 rings (SSSR count). The Balaban J connectivity index is 2.10. The molecule has 2 atom stereocenters. The van der Waals surface area contributed by atoms with Crippen LogP contribution in [0.25, 0.3) is 0 Å². The van der Waals surface area contributed by atoms with Gasteiger partial charge in [-0.25, -0.2) is 0 Å². The molecular weight excluding hydrogens is 493 g/mol. The number of nitrogens with zero attached hydrogens (tertiary/aromatic N) is 1. The number of allylic oxidation sites excluding steroid dienone is 1. The third kappa shape index (κ3) is 18.1. The van der Waals surface area contributed by atoms with Gasteiger partial charge in [-0.1, -0.05) is 90.4 Å². The zero-order valence-corrected chi connectivity index (χ0v) is 24.9. The minimum absolute atomic E-state index is 0.0863. The van der Waals surface area contributed by atoms with Crippen LogP contribution in [-0.4, -0.2) is 57.0 Å². The number of unbranched alkanes of at least 4 members (excludes halogenated alkanes) is 13. The van der Waals surface area contributed by atoms with Crippen molar-refractivity contribution < 1.29 is 37.3 Å². The lowest BCUT2D eigenvalue weighted by Crippen LogP contribution is -2.34. The summed E-state index contributed by atoms with van der Waals surface area (Å²) in [4.78, 5) is 23.6. The maximum absolute atomic E-state index is 12.2. The smallest absolute Gasteiger partial charge is 0.319 e.